The number of aliphatic hydroxyl groups excluding tert-OH is 1. The Hall–Kier alpha value is -0.200. The first-order valence-corrected chi connectivity index (χ1v) is 8.93. The maximum absolute atomic E-state index is 9.29. The average molecular weight is 313 g/mol. The standard InChI is InChI=1S/C17H35N3O2/c1-17(2,15-20-8-10-22-11-9-20)14-18-5-7-19-6-3-4-16(12-19)13-21/h16,18,21H,3-15H2,1-2H3. The maximum atomic E-state index is 9.29. The lowest BCUT2D eigenvalue weighted by molar-refractivity contribution is 0.0212. The van der Waals surface area contributed by atoms with E-state index in [4.69, 9.17) is 4.74 Å². The third-order valence-electron chi connectivity index (χ3n) is 4.83. The van der Waals surface area contributed by atoms with Gasteiger partial charge in [0.1, 0.15) is 0 Å². The molecule has 0 spiro atoms. The molecule has 0 aromatic carbocycles. The summed E-state index contributed by atoms with van der Waals surface area (Å²) in [7, 11) is 0. The molecule has 1 atom stereocenters. The molecule has 2 saturated heterocycles. The summed E-state index contributed by atoms with van der Waals surface area (Å²) in [5.74, 6) is 0.492. The molecule has 0 aromatic heterocycles. The van der Waals surface area contributed by atoms with E-state index in [2.05, 4.69) is 29.0 Å². The molecule has 0 aromatic rings. The Morgan fingerprint density at radius 1 is 1.18 bits per heavy atom. The number of hydrogen-bond donors (Lipinski definition) is 2. The van der Waals surface area contributed by atoms with E-state index in [1.807, 2.05) is 0 Å². The van der Waals surface area contributed by atoms with E-state index < -0.39 is 0 Å². The lowest BCUT2D eigenvalue weighted by Gasteiger charge is -2.35. The predicted octanol–water partition coefficient (Wildman–Crippen LogP) is 0.639. The molecule has 0 bridgehead atoms. The lowest BCUT2D eigenvalue weighted by Crippen LogP contribution is -2.46. The van der Waals surface area contributed by atoms with Crippen LogP contribution in [-0.4, -0.2) is 87.1 Å². The second kappa shape index (κ2) is 9.18. The molecule has 0 saturated carbocycles. The van der Waals surface area contributed by atoms with E-state index in [1.54, 1.807) is 0 Å². The number of nitrogens with zero attached hydrogens (tertiary/aromatic N) is 2. The Kier molecular flexibility index (Phi) is 7.57. The van der Waals surface area contributed by atoms with Crippen molar-refractivity contribution in [2.45, 2.75) is 26.7 Å². The Morgan fingerprint density at radius 2 is 1.95 bits per heavy atom. The van der Waals surface area contributed by atoms with Crippen molar-refractivity contribution in [2.75, 3.05) is 72.2 Å². The minimum absolute atomic E-state index is 0.298. The largest absolute Gasteiger partial charge is 0.396 e. The molecule has 2 rings (SSSR count). The first-order valence-electron chi connectivity index (χ1n) is 8.93. The molecule has 0 aliphatic carbocycles. The molecular formula is C17H35N3O2. The Morgan fingerprint density at radius 3 is 2.68 bits per heavy atom. The van der Waals surface area contributed by atoms with Crippen molar-refractivity contribution in [1.82, 2.24) is 15.1 Å². The molecular weight excluding hydrogens is 278 g/mol. The summed E-state index contributed by atoms with van der Waals surface area (Å²) in [6.45, 7) is 15.5. The number of nitrogens with one attached hydrogen (secondary N) is 1. The summed E-state index contributed by atoms with van der Waals surface area (Å²) in [4.78, 5) is 5.01. The van der Waals surface area contributed by atoms with Gasteiger partial charge in [0.15, 0.2) is 0 Å². The quantitative estimate of drug-likeness (QED) is 0.644. The highest BCUT2D eigenvalue weighted by atomic mass is 16.5. The van der Waals surface area contributed by atoms with Gasteiger partial charge >= 0.3 is 0 Å². The van der Waals surface area contributed by atoms with Crippen LogP contribution in [0.2, 0.25) is 0 Å². The Balaban J connectivity index is 1.58. The first-order chi connectivity index (χ1) is 10.6. The number of aliphatic hydroxyl groups is 1. The normalized spacial score (nSPS) is 25.5. The molecule has 0 amide bonds. The van der Waals surface area contributed by atoms with Crippen molar-refractivity contribution in [3.05, 3.63) is 0 Å². The lowest BCUT2D eigenvalue weighted by atomic mass is 9.92. The number of piperidine rings is 1. The molecule has 2 N–H and O–H groups in total. The van der Waals surface area contributed by atoms with Crippen LogP contribution >= 0.6 is 0 Å². The SMILES string of the molecule is CC(C)(CNCCN1CCCC(CO)C1)CN1CCOCC1. The van der Waals surface area contributed by atoms with Gasteiger partial charge in [-0.15, -0.1) is 0 Å². The number of ether oxygens (including phenoxy) is 1. The van der Waals surface area contributed by atoms with Gasteiger partial charge in [-0.2, -0.15) is 0 Å². The monoisotopic (exact) mass is 313 g/mol. The Bertz CT molecular complexity index is 306. The van der Waals surface area contributed by atoms with Crippen molar-refractivity contribution in [2.24, 2.45) is 11.3 Å². The van der Waals surface area contributed by atoms with Gasteiger partial charge in [-0.1, -0.05) is 13.8 Å². The number of rotatable bonds is 8. The van der Waals surface area contributed by atoms with Crippen LogP contribution in [0.4, 0.5) is 0 Å². The van der Waals surface area contributed by atoms with E-state index in [9.17, 15) is 5.11 Å². The van der Waals surface area contributed by atoms with Crippen LogP contribution in [0.3, 0.4) is 0 Å². The maximum Gasteiger partial charge on any atom is 0.0594 e. The molecule has 5 heteroatoms. The van der Waals surface area contributed by atoms with Crippen molar-refractivity contribution in [1.29, 1.82) is 0 Å². The van der Waals surface area contributed by atoms with Crippen LogP contribution in [0.25, 0.3) is 0 Å². The van der Waals surface area contributed by atoms with Crippen LogP contribution in [-0.2, 0) is 4.74 Å². The van der Waals surface area contributed by atoms with E-state index in [1.165, 1.54) is 19.4 Å². The van der Waals surface area contributed by atoms with Gasteiger partial charge < -0.3 is 20.1 Å². The van der Waals surface area contributed by atoms with Gasteiger partial charge in [-0.3, -0.25) is 4.90 Å². The molecule has 2 heterocycles. The van der Waals surface area contributed by atoms with Crippen LogP contribution < -0.4 is 5.32 Å². The summed E-state index contributed by atoms with van der Waals surface area (Å²) >= 11 is 0. The fraction of sp³-hybridized carbons (Fsp3) is 1.00. The van der Waals surface area contributed by atoms with E-state index in [0.717, 1.165) is 59.0 Å². The van der Waals surface area contributed by atoms with E-state index in [-0.39, 0.29) is 0 Å². The summed E-state index contributed by atoms with van der Waals surface area (Å²) in [5, 5.41) is 12.9. The van der Waals surface area contributed by atoms with Gasteiger partial charge in [0, 0.05) is 52.4 Å². The van der Waals surface area contributed by atoms with Crippen molar-refractivity contribution in [3.8, 4) is 0 Å². The fourth-order valence-corrected chi connectivity index (χ4v) is 3.59. The van der Waals surface area contributed by atoms with Crippen LogP contribution in [0.5, 0.6) is 0 Å². The number of morpholine rings is 1. The van der Waals surface area contributed by atoms with Crippen molar-refractivity contribution >= 4 is 0 Å². The van der Waals surface area contributed by atoms with Gasteiger partial charge in [-0.25, -0.2) is 0 Å². The molecule has 2 aliphatic rings. The summed E-state index contributed by atoms with van der Waals surface area (Å²) in [6, 6.07) is 0. The third-order valence-corrected chi connectivity index (χ3v) is 4.83. The van der Waals surface area contributed by atoms with Crippen molar-refractivity contribution in [3.63, 3.8) is 0 Å². The molecule has 130 valence electrons. The van der Waals surface area contributed by atoms with Crippen LogP contribution in [0, 0.1) is 11.3 Å². The molecule has 2 fully saturated rings. The summed E-state index contributed by atoms with van der Waals surface area (Å²) < 4.78 is 5.42. The van der Waals surface area contributed by atoms with Gasteiger partial charge in [0.05, 0.1) is 13.2 Å². The Labute approximate surface area is 136 Å². The third kappa shape index (κ3) is 6.50. The highest BCUT2D eigenvalue weighted by Gasteiger charge is 2.23. The topological polar surface area (TPSA) is 48.0 Å². The van der Waals surface area contributed by atoms with Crippen LogP contribution in [0.15, 0.2) is 0 Å². The zero-order valence-electron chi connectivity index (χ0n) is 14.5. The van der Waals surface area contributed by atoms with Gasteiger partial charge in [0.2, 0.25) is 0 Å². The predicted molar refractivity (Wildman–Crippen MR) is 90.2 cm³/mol. The highest BCUT2D eigenvalue weighted by Crippen LogP contribution is 2.17. The van der Waals surface area contributed by atoms with Crippen molar-refractivity contribution < 1.29 is 9.84 Å². The van der Waals surface area contributed by atoms with Crippen LogP contribution in [0.1, 0.15) is 26.7 Å². The second-order valence-electron chi connectivity index (χ2n) is 7.72. The molecule has 2 aliphatic heterocycles. The summed E-state index contributed by atoms with van der Waals surface area (Å²) in [6.07, 6.45) is 2.42. The minimum atomic E-state index is 0.298. The van der Waals surface area contributed by atoms with Gasteiger partial charge in [0.25, 0.3) is 0 Å². The number of hydrogen-bond acceptors (Lipinski definition) is 5. The smallest absolute Gasteiger partial charge is 0.0594 e. The van der Waals surface area contributed by atoms with E-state index in [0.29, 0.717) is 17.9 Å². The minimum Gasteiger partial charge on any atom is -0.396 e. The van der Waals surface area contributed by atoms with Gasteiger partial charge in [-0.05, 0) is 30.7 Å². The average Bonchev–Trinajstić information content (AvgIpc) is 2.52. The molecule has 5 nitrogen and oxygen atoms in total. The molecule has 0 radical (unpaired) electrons. The zero-order valence-corrected chi connectivity index (χ0v) is 14.5. The number of likely N-dealkylation sites (tertiary alicyclic amines) is 1. The van der Waals surface area contributed by atoms with E-state index >= 15 is 0 Å². The second-order valence-corrected chi connectivity index (χ2v) is 7.72. The summed E-state index contributed by atoms with van der Waals surface area (Å²) in [5.41, 5.74) is 0.298. The molecule has 1 unspecified atom stereocenters. The molecule has 22 heavy (non-hydrogen) atoms. The highest BCUT2D eigenvalue weighted by molar-refractivity contribution is 4.78. The fourth-order valence-electron chi connectivity index (χ4n) is 3.59. The zero-order chi connectivity index (χ0) is 15.8. The first kappa shape index (κ1) is 18.1.